The van der Waals surface area contributed by atoms with Crippen molar-refractivity contribution in [1.82, 2.24) is 55.6 Å². The Morgan fingerprint density at radius 1 is 0.471 bits per heavy atom. The molecule has 1 heterocycles. The number of rotatable bonds is 15. The number of aliphatic hydroxyl groups is 2. The fourth-order valence-electron chi connectivity index (χ4n) is 10.7. The summed E-state index contributed by atoms with van der Waals surface area (Å²) in [5, 5.41) is 33.9. The van der Waals surface area contributed by atoms with E-state index in [1.54, 1.807) is 67.5 Å². The summed E-state index contributed by atoms with van der Waals surface area (Å²) in [5.74, 6) is -10.4. The van der Waals surface area contributed by atoms with E-state index < -0.39 is 162 Å². The molecule has 24 heteroatoms. The number of hydrogen-bond acceptors (Lipinski definition) is 13. The Balaban J connectivity index is 4.34. The van der Waals surface area contributed by atoms with Gasteiger partial charge in [-0.3, -0.25) is 52.7 Å². The maximum Gasteiger partial charge on any atom is 0.246 e. The second-order valence-corrected chi connectivity index (χ2v) is 25.4. The average Bonchev–Trinajstić information content (AvgIpc) is 3.57. The molecule has 1 fully saturated rings. The molecule has 0 aromatic carbocycles. The van der Waals surface area contributed by atoms with Crippen molar-refractivity contribution in [3.63, 3.8) is 0 Å². The summed E-state index contributed by atoms with van der Waals surface area (Å²) < 4.78 is 0. The van der Waals surface area contributed by atoms with E-state index in [0.29, 0.717) is 6.42 Å². The standard InChI is InChI=1S/C61H109N11O13/c1-24-27-28-38(14)51(75)50-55(79)64-42(26-3)57(81)66(17)32-46(74)70(21)49(40(16)73)54(78)65-47(36(10)11)60(84)67(18)43(29-33(4)5)53(77)63-41(25-2)52(76)62-39(15)56(80)68(19)44(30-34(6)7)58(82)69(20)45(31-35(8)9)59(83)71(22)48(37(12)13)61(85)72(50)23/h24,27,33-45,47-51,73,75H,25-26,28-32H2,1-23H3,(H,62,76)(H,63,77)(H,64,79)(H,65,78)/b27-24+/t38-,39-,40-,41+,42+,43+,44+,45+,47+,48+,49+,50+,51-/m1/s1. The zero-order chi connectivity index (χ0) is 66.0. The van der Waals surface area contributed by atoms with Gasteiger partial charge in [0.05, 0.1) is 18.8 Å². The lowest BCUT2D eigenvalue weighted by Gasteiger charge is -2.41. The van der Waals surface area contributed by atoms with E-state index >= 15 is 9.59 Å². The van der Waals surface area contributed by atoms with Gasteiger partial charge in [-0.05, 0) is 94.8 Å². The molecule has 6 N–H and O–H groups in total. The summed E-state index contributed by atoms with van der Waals surface area (Å²) in [6.07, 6.45) is 1.26. The molecule has 13 atom stereocenters. The topological polar surface area (TPSA) is 299 Å². The van der Waals surface area contributed by atoms with Gasteiger partial charge in [0, 0.05) is 49.3 Å². The normalized spacial score (nSPS) is 27.2. The lowest BCUT2D eigenvalue weighted by atomic mass is 9.91. The van der Waals surface area contributed by atoms with Crippen molar-refractivity contribution < 1.29 is 63.0 Å². The molecular weight excluding hydrogens is 1090 g/mol. The summed E-state index contributed by atoms with van der Waals surface area (Å²) in [4.78, 5) is 168. The van der Waals surface area contributed by atoms with Gasteiger partial charge in [-0.25, -0.2) is 0 Å². The number of amides is 11. The molecule has 0 aliphatic carbocycles. The minimum absolute atomic E-state index is 0.0183. The van der Waals surface area contributed by atoms with Gasteiger partial charge in [-0.15, -0.1) is 0 Å². The monoisotopic (exact) mass is 1200 g/mol. The van der Waals surface area contributed by atoms with Crippen LogP contribution in [0.4, 0.5) is 0 Å². The Bertz CT molecular complexity index is 2330. The van der Waals surface area contributed by atoms with Gasteiger partial charge in [0.25, 0.3) is 0 Å². The summed E-state index contributed by atoms with van der Waals surface area (Å²) in [5.41, 5.74) is 0. The summed E-state index contributed by atoms with van der Waals surface area (Å²) in [7, 11) is 9.58. The number of hydrogen-bond donors (Lipinski definition) is 6. The first-order valence-electron chi connectivity index (χ1n) is 30.3. The van der Waals surface area contributed by atoms with Gasteiger partial charge < -0.3 is 65.8 Å². The van der Waals surface area contributed by atoms with Gasteiger partial charge in [0.2, 0.25) is 65.0 Å². The van der Waals surface area contributed by atoms with Crippen molar-refractivity contribution in [2.24, 2.45) is 35.5 Å². The number of nitrogens with one attached hydrogen (secondary N) is 4. The smallest absolute Gasteiger partial charge is 0.246 e. The molecule has 1 saturated heterocycles. The Hall–Kier alpha value is -6.17. The number of likely N-dealkylation sites (N-methyl/N-ethyl adjacent to an activating group) is 7. The molecule has 1 aliphatic rings. The molecule has 1 rings (SSSR count). The van der Waals surface area contributed by atoms with Crippen LogP contribution in [0.1, 0.15) is 149 Å². The third-order valence-electron chi connectivity index (χ3n) is 16.0. The highest BCUT2D eigenvalue weighted by Crippen LogP contribution is 2.25. The quantitative estimate of drug-likeness (QED) is 0.128. The fraction of sp³-hybridized carbons (Fsp3) is 0.787. The zero-order valence-corrected chi connectivity index (χ0v) is 55.5. The Labute approximate surface area is 507 Å². The Kier molecular flexibility index (Phi) is 31.5. The van der Waals surface area contributed by atoms with Gasteiger partial charge in [0.15, 0.2) is 0 Å². The van der Waals surface area contributed by atoms with Gasteiger partial charge in [0.1, 0.15) is 60.4 Å². The molecule has 0 aromatic rings. The minimum atomic E-state index is -1.64. The van der Waals surface area contributed by atoms with Crippen LogP contribution >= 0.6 is 0 Å². The van der Waals surface area contributed by atoms with Crippen molar-refractivity contribution >= 4 is 65.0 Å². The maximum absolute atomic E-state index is 15.1. The largest absolute Gasteiger partial charge is 0.391 e. The van der Waals surface area contributed by atoms with Crippen LogP contribution in [0.2, 0.25) is 0 Å². The molecule has 0 saturated carbocycles. The van der Waals surface area contributed by atoms with Crippen LogP contribution in [0.15, 0.2) is 12.2 Å². The molecule has 0 spiro atoms. The lowest BCUT2D eigenvalue weighted by Crippen LogP contribution is -2.63. The number of carbonyl (C=O) groups excluding carboxylic acids is 11. The van der Waals surface area contributed by atoms with Crippen LogP contribution in [-0.4, -0.2) is 238 Å². The molecule has 11 amide bonds. The molecule has 1 aliphatic heterocycles. The number of carbonyl (C=O) groups is 11. The number of allylic oxidation sites excluding steroid dienone is 2. The second-order valence-electron chi connectivity index (χ2n) is 25.4. The Morgan fingerprint density at radius 2 is 0.906 bits per heavy atom. The average molecular weight is 1200 g/mol. The van der Waals surface area contributed by atoms with E-state index in [1.807, 2.05) is 41.5 Å². The SMILES string of the molecule is C/C=C/C[C@@H](C)[C@@H](O)[C@H]1C(=O)N[C@@H](CC)C(=O)N(C)CC(=O)N(C)[C@@H]([C@@H](C)O)C(=O)N[C@@H](C(C)C)C(=O)N(C)[C@@H](CC(C)C)C(=O)N[C@@H](CC)C(=O)N[C@H](C)C(=O)N(C)[C@@H](CC(C)C)C(=O)N(C)[C@@H](CC(C)C)C(=O)N(C)[C@@H](C(C)C)C(=O)N1C. The molecule has 85 heavy (non-hydrogen) atoms. The van der Waals surface area contributed by atoms with Crippen molar-refractivity contribution in [2.45, 2.75) is 222 Å². The van der Waals surface area contributed by atoms with Crippen LogP contribution in [-0.2, 0) is 52.7 Å². The molecule has 0 aromatic heterocycles. The van der Waals surface area contributed by atoms with E-state index in [1.165, 1.54) is 82.8 Å². The van der Waals surface area contributed by atoms with E-state index in [0.717, 1.165) is 14.7 Å². The third kappa shape index (κ3) is 21.0. The predicted molar refractivity (Wildman–Crippen MR) is 325 cm³/mol. The van der Waals surface area contributed by atoms with Crippen LogP contribution in [0.25, 0.3) is 0 Å². The summed E-state index contributed by atoms with van der Waals surface area (Å²) >= 11 is 0. The van der Waals surface area contributed by atoms with Crippen molar-refractivity contribution in [1.29, 1.82) is 0 Å². The molecule has 24 nitrogen and oxygen atoms in total. The van der Waals surface area contributed by atoms with Crippen molar-refractivity contribution in [3.05, 3.63) is 12.2 Å². The third-order valence-corrected chi connectivity index (χ3v) is 16.0. The first kappa shape index (κ1) is 76.8. The van der Waals surface area contributed by atoms with E-state index in [9.17, 15) is 53.4 Å². The van der Waals surface area contributed by atoms with Crippen molar-refractivity contribution in [3.8, 4) is 0 Å². The number of aliphatic hydroxyl groups excluding tert-OH is 2. The van der Waals surface area contributed by atoms with Crippen LogP contribution < -0.4 is 21.3 Å². The van der Waals surface area contributed by atoms with Gasteiger partial charge in [-0.1, -0.05) is 102 Å². The van der Waals surface area contributed by atoms with Crippen LogP contribution in [0.3, 0.4) is 0 Å². The molecular formula is C61H109N11O13. The highest BCUT2D eigenvalue weighted by Gasteiger charge is 2.46. The predicted octanol–water partition coefficient (Wildman–Crippen LogP) is 1.99. The molecule has 0 unspecified atom stereocenters. The maximum atomic E-state index is 15.1. The first-order valence-corrected chi connectivity index (χ1v) is 30.3. The van der Waals surface area contributed by atoms with Gasteiger partial charge in [-0.2, -0.15) is 0 Å². The zero-order valence-electron chi connectivity index (χ0n) is 55.5. The molecule has 486 valence electrons. The van der Waals surface area contributed by atoms with Crippen LogP contribution in [0, 0.1) is 35.5 Å². The second kappa shape index (κ2) is 34.8. The van der Waals surface area contributed by atoms with Crippen molar-refractivity contribution in [2.75, 3.05) is 55.9 Å². The van der Waals surface area contributed by atoms with Gasteiger partial charge >= 0.3 is 0 Å². The highest BCUT2D eigenvalue weighted by molar-refractivity contribution is 5.99. The lowest BCUT2D eigenvalue weighted by molar-refractivity contribution is -0.157. The summed E-state index contributed by atoms with van der Waals surface area (Å²) in [6, 6.07) is -13.1. The van der Waals surface area contributed by atoms with E-state index in [-0.39, 0.29) is 49.9 Å². The minimum Gasteiger partial charge on any atom is -0.391 e. The molecule has 0 radical (unpaired) electrons. The van der Waals surface area contributed by atoms with E-state index in [4.69, 9.17) is 0 Å². The molecule has 0 bridgehead atoms. The van der Waals surface area contributed by atoms with E-state index in [2.05, 4.69) is 21.3 Å². The summed E-state index contributed by atoms with van der Waals surface area (Å²) in [6.45, 7) is 26.7. The number of nitrogens with zero attached hydrogens (tertiary/aromatic N) is 7. The first-order chi connectivity index (χ1) is 39.3. The highest BCUT2D eigenvalue weighted by atomic mass is 16.3. The Morgan fingerprint density at radius 3 is 1.35 bits per heavy atom. The fourth-order valence-corrected chi connectivity index (χ4v) is 10.7. The van der Waals surface area contributed by atoms with Crippen LogP contribution in [0.5, 0.6) is 0 Å².